The van der Waals surface area contributed by atoms with Gasteiger partial charge in [0.25, 0.3) is 15.9 Å². The van der Waals surface area contributed by atoms with E-state index in [1.165, 1.54) is 24.3 Å². The Hall–Kier alpha value is -3.46. The summed E-state index contributed by atoms with van der Waals surface area (Å²) < 4.78 is 59.5. The van der Waals surface area contributed by atoms with Crippen LogP contribution in [-0.2, 0) is 14.8 Å². The molecule has 31 heavy (non-hydrogen) atoms. The van der Waals surface area contributed by atoms with Gasteiger partial charge in [0.1, 0.15) is 17.4 Å². The van der Waals surface area contributed by atoms with Gasteiger partial charge in [-0.15, -0.1) is 0 Å². The Morgan fingerprint density at radius 3 is 2.19 bits per heavy atom. The van der Waals surface area contributed by atoms with Crippen LogP contribution in [0, 0.1) is 25.5 Å². The number of hydrogen-bond donors (Lipinski definition) is 2. The molecule has 0 saturated heterocycles. The molecule has 0 radical (unpaired) electrons. The summed E-state index contributed by atoms with van der Waals surface area (Å²) in [5.41, 5.74) is 2.15. The van der Waals surface area contributed by atoms with Crippen molar-refractivity contribution in [2.24, 2.45) is 0 Å². The van der Waals surface area contributed by atoms with Crippen molar-refractivity contribution in [3.8, 4) is 5.75 Å². The molecule has 0 aromatic heterocycles. The predicted molar refractivity (Wildman–Crippen MR) is 114 cm³/mol. The first-order chi connectivity index (χ1) is 14.6. The summed E-state index contributed by atoms with van der Waals surface area (Å²) in [6.07, 6.45) is 0. The molecule has 3 rings (SSSR count). The van der Waals surface area contributed by atoms with E-state index in [1.54, 1.807) is 12.1 Å². The van der Waals surface area contributed by atoms with Crippen LogP contribution in [0.5, 0.6) is 5.75 Å². The van der Waals surface area contributed by atoms with E-state index in [0.717, 1.165) is 23.3 Å². The standard InChI is InChI=1S/C22H20F2N2O4S/c1-14-9-15(2)11-17(10-14)26-31(28,29)19-6-4-18(5-7-19)30-13-22(27)25-21-8-3-16(23)12-20(21)24/h3-12,26H,13H2,1-2H3,(H,25,27). The van der Waals surface area contributed by atoms with E-state index in [9.17, 15) is 22.0 Å². The second-order valence-corrected chi connectivity index (χ2v) is 8.60. The summed E-state index contributed by atoms with van der Waals surface area (Å²) in [4.78, 5) is 11.9. The molecule has 3 aromatic rings. The van der Waals surface area contributed by atoms with Gasteiger partial charge in [0.05, 0.1) is 10.6 Å². The molecular formula is C22H20F2N2O4S. The quantitative estimate of drug-likeness (QED) is 0.564. The highest BCUT2D eigenvalue weighted by molar-refractivity contribution is 7.92. The maximum Gasteiger partial charge on any atom is 0.262 e. The lowest BCUT2D eigenvalue weighted by Crippen LogP contribution is -2.21. The molecule has 2 N–H and O–H groups in total. The Kier molecular flexibility index (Phi) is 6.55. The maximum absolute atomic E-state index is 13.6. The third-order valence-electron chi connectivity index (χ3n) is 4.18. The second-order valence-electron chi connectivity index (χ2n) is 6.91. The molecule has 1 amide bonds. The number of anilines is 2. The lowest BCUT2D eigenvalue weighted by atomic mass is 10.1. The fourth-order valence-corrected chi connectivity index (χ4v) is 3.93. The molecule has 0 aliphatic rings. The zero-order valence-electron chi connectivity index (χ0n) is 16.8. The molecule has 0 aliphatic heterocycles. The second kappa shape index (κ2) is 9.13. The zero-order valence-corrected chi connectivity index (χ0v) is 17.6. The fourth-order valence-electron chi connectivity index (χ4n) is 2.89. The maximum atomic E-state index is 13.6. The molecule has 0 spiro atoms. The van der Waals surface area contributed by atoms with E-state index in [0.29, 0.717) is 11.8 Å². The van der Waals surface area contributed by atoms with E-state index in [-0.39, 0.29) is 16.3 Å². The van der Waals surface area contributed by atoms with Crippen molar-refractivity contribution in [2.75, 3.05) is 16.6 Å². The van der Waals surface area contributed by atoms with Crippen molar-refractivity contribution >= 4 is 27.3 Å². The Morgan fingerprint density at radius 2 is 1.58 bits per heavy atom. The highest BCUT2D eigenvalue weighted by Crippen LogP contribution is 2.21. The number of rotatable bonds is 7. The first-order valence-electron chi connectivity index (χ1n) is 9.21. The number of benzene rings is 3. The van der Waals surface area contributed by atoms with Crippen LogP contribution in [0.25, 0.3) is 0 Å². The SMILES string of the molecule is Cc1cc(C)cc(NS(=O)(=O)c2ccc(OCC(=O)Nc3ccc(F)cc3F)cc2)c1. The number of sulfonamides is 1. The van der Waals surface area contributed by atoms with E-state index < -0.39 is 34.2 Å². The van der Waals surface area contributed by atoms with Crippen molar-refractivity contribution in [1.29, 1.82) is 0 Å². The minimum Gasteiger partial charge on any atom is -0.484 e. The number of ether oxygens (including phenoxy) is 1. The summed E-state index contributed by atoms with van der Waals surface area (Å²) >= 11 is 0. The van der Waals surface area contributed by atoms with Gasteiger partial charge in [-0.25, -0.2) is 17.2 Å². The monoisotopic (exact) mass is 446 g/mol. The third kappa shape index (κ3) is 6.02. The first kappa shape index (κ1) is 22.2. The Morgan fingerprint density at radius 1 is 0.935 bits per heavy atom. The minimum absolute atomic E-state index is 0.0249. The molecule has 0 saturated carbocycles. The normalized spacial score (nSPS) is 11.1. The van der Waals surface area contributed by atoms with Crippen molar-refractivity contribution < 1.29 is 26.7 Å². The number of carbonyl (C=O) groups is 1. The lowest BCUT2D eigenvalue weighted by molar-refractivity contribution is -0.118. The summed E-state index contributed by atoms with van der Waals surface area (Å²) in [5, 5.41) is 2.27. The van der Waals surface area contributed by atoms with Crippen molar-refractivity contribution in [3.05, 3.63) is 83.4 Å². The molecule has 0 aliphatic carbocycles. The molecule has 6 nitrogen and oxygen atoms in total. The highest BCUT2D eigenvalue weighted by Gasteiger charge is 2.15. The highest BCUT2D eigenvalue weighted by atomic mass is 32.2. The topological polar surface area (TPSA) is 84.5 Å². The summed E-state index contributed by atoms with van der Waals surface area (Å²) in [6, 6.07) is 13.7. The summed E-state index contributed by atoms with van der Waals surface area (Å²) in [7, 11) is -3.80. The van der Waals surface area contributed by atoms with Gasteiger partial charge >= 0.3 is 0 Å². The Bertz CT molecular complexity index is 1190. The molecule has 3 aromatic carbocycles. The van der Waals surface area contributed by atoms with Crippen LogP contribution in [0.4, 0.5) is 20.2 Å². The predicted octanol–water partition coefficient (Wildman–Crippen LogP) is 4.40. The largest absolute Gasteiger partial charge is 0.484 e. The molecule has 0 unspecified atom stereocenters. The minimum atomic E-state index is -3.80. The van der Waals surface area contributed by atoms with Crippen LogP contribution in [0.15, 0.2) is 65.6 Å². The molecule has 0 bridgehead atoms. The molecule has 9 heteroatoms. The van der Waals surface area contributed by atoms with Gasteiger partial charge in [0.2, 0.25) is 0 Å². The number of carbonyl (C=O) groups excluding carboxylic acids is 1. The number of halogens is 2. The fraction of sp³-hybridized carbons (Fsp3) is 0.136. The Balaban J connectivity index is 1.61. The molecule has 0 atom stereocenters. The first-order valence-corrected chi connectivity index (χ1v) is 10.7. The number of hydrogen-bond acceptors (Lipinski definition) is 4. The Labute approximate surface area is 178 Å². The number of nitrogens with one attached hydrogen (secondary N) is 2. The van der Waals surface area contributed by atoms with Crippen LogP contribution in [0.1, 0.15) is 11.1 Å². The van der Waals surface area contributed by atoms with Crippen LogP contribution >= 0.6 is 0 Å². The van der Waals surface area contributed by atoms with Gasteiger partial charge in [-0.3, -0.25) is 9.52 Å². The summed E-state index contributed by atoms with van der Waals surface area (Å²) in [5.74, 6) is -2.06. The van der Waals surface area contributed by atoms with E-state index in [4.69, 9.17) is 4.74 Å². The number of amides is 1. The van der Waals surface area contributed by atoms with E-state index in [2.05, 4.69) is 10.0 Å². The molecule has 162 valence electrons. The van der Waals surface area contributed by atoms with Crippen LogP contribution in [0.3, 0.4) is 0 Å². The van der Waals surface area contributed by atoms with Crippen LogP contribution in [0.2, 0.25) is 0 Å². The van der Waals surface area contributed by atoms with Gasteiger partial charge in [-0.1, -0.05) is 6.07 Å². The lowest BCUT2D eigenvalue weighted by Gasteiger charge is -2.11. The van der Waals surface area contributed by atoms with Gasteiger partial charge in [-0.2, -0.15) is 0 Å². The van der Waals surface area contributed by atoms with Gasteiger partial charge in [-0.05, 0) is 73.5 Å². The number of aryl methyl sites for hydroxylation is 2. The average molecular weight is 446 g/mol. The molecular weight excluding hydrogens is 426 g/mol. The summed E-state index contributed by atoms with van der Waals surface area (Å²) in [6.45, 7) is 3.30. The van der Waals surface area contributed by atoms with Gasteiger partial charge in [0, 0.05) is 11.8 Å². The molecule has 0 heterocycles. The zero-order chi connectivity index (χ0) is 22.6. The van der Waals surface area contributed by atoms with Crippen LogP contribution in [-0.4, -0.2) is 20.9 Å². The van der Waals surface area contributed by atoms with Crippen molar-refractivity contribution in [1.82, 2.24) is 0 Å². The van der Waals surface area contributed by atoms with Gasteiger partial charge < -0.3 is 10.1 Å². The smallest absolute Gasteiger partial charge is 0.262 e. The van der Waals surface area contributed by atoms with Gasteiger partial charge in [0.15, 0.2) is 6.61 Å². The molecule has 0 fully saturated rings. The van der Waals surface area contributed by atoms with Crippen molar-refractivity contribution in [2.45, 2.75) is 18.7 Å². The van der Waals surface area contributed by atoms with E-state index >= 15 is 0 Å². The van der Waals surface area contributed by atoms with E-state index in [1.807, 2.05) is 19.9 Å². The van der Waals surface area contributed by atoms with Crippen molar-refractivity contribution in [3.63, 3.8) is 0 Å². The third-order valence-corrected chi connectivity index (χ3v) is 5.58. The average Bonchev–Trinajstić information content (AvgIpc) is 2.68. The van der Waals surface area contributed by atoms with Crippen LogP contribution < -0.4 is 14.8 Å².